The lowest BCUT2D eigenvalue weighted by Gasteiger charge is -2.06. The van der Waals surface area contributed by atoms with E-state index in [4.69, 9.17) is 11.6 Å². The third-order valence-electron chi connectivity index (χ3n) is 3.28. The number of hydrogen-bond donors (Lipinski definition) is 2. The first-order valence-corrected chi connectivity index (χ1v) is 8.41. The minimum absolute atomic E-state index is 0.0345. The molecule has 0 saturated carbocycles. The summed E-state index contributed by atoms with van der Waals surface area (Å²) in [7, 11) is 0. The molecule has 0 unspecified atom stereocenters. The monoisotopic (exact) mass is 398 g/mol. The molecule has 0 radical (unpaired) electrons. The number of nitrogens with one attached hydrogen (secondary N) is 2. The Hall–Kier alpha value is -2.72. The van der Waals surface area contributed by atoms with E-state index in [1.807, 2.05) is 0 Å². The van der Waals surface area contributed by atoms with E-state index in [1.54, 1.807) is 0 Å². The Balaban J connectivity index is 1.65. The van der Waals surface area contributed by atoms with Gasteiger partial charge in [-0.05, 0) is 6.07 Å². The quantitative estimate of drug-likeness (QED) is 0.382. The van der Waals surface area contributed by atoms with Crippen LogP contribution in [-0.4, -0.2) is 26.6 Å². The van der Waals surface area contributed by atoms with Crippen molar-refractivity contribution in [2.75, 3.05) is 11.1 Å². The van der Waals surface area contributed by atoms with Crippen molar-refractivity contribution in [2.24, 2.45) is 0 Å². The molecule has 0 bridgehead atoms. The Morgan fingerprint density at radius 3 is 2.73 bits per heavy atom. The summed E-state index contributed by atoms with van der Waals surface area (Å²) in [5, 5.41) is 13.5. The largest absolute Gasteiger partial charge is 0.333 e. The van der Waals surface area contributed by atoms with E-state index >= 15 is 0 Å². The van der Waals surface area contributed by atoms with E-state index in [-0.39, 0.29) is 27.7 Å². The number of carbonyl (C=O) groups excluding carboxylic acids is 1. The molecule has 0 spiro atoms. The molecule has 134 valence electrons. The van der Waals surface area contributed by atoms with Crippen LogP contribution in [0.3, 0.4) is 0 Å². The molecular weight excluding hydrogens is 390 g/mol. The normalized spacial score (nSPS) is 10.9. The lowest BCUT2D eigenvalue weighted by Crippen LogP contribution is -2.14. The fourth-order valence-corrected chi connectivity index (χ4v) is 3.00. The number of nitro benzene ring substituents is 1. The minimum atomic E-state index is -1.01. The van der Waals surface area contributed by atoms with Crippen molar-refractivity contribution in [2.45, 2.75) is 5.16 Å². The van der Waals surface area contributed by atoms with Crippen LogP contribution in [0.1, 0.15) is 0 Å². The van der Waals surface area contributed by atoms with Gasteiger partial charge >= 0.3 is 0 Å². The Kier molecular flexibility index (Phi) is 5.05. The maximum Gasteiger partial charge on any atom is 0.271 e. The summed E-state index contributed by atoms with van der Waals surface area (Å²) in [6.07, 6.45) is 0. The third kappa shape index (κ3) is 3.92. The number of non-ortho nitro benzene ring substituents is 1. The average Bonchev–Trinajstić information content (AvgIpc) is 2.96. The van der Waals surface area contributed by atoms with Gasteiger partial charge in [0.1, 0.15) is 0 Å². The molecule has 11 heteroatoms. The number of nitro groups is 1. The molecule has 1 aromatic heterocycles. The number of H-pyrrole nitrogens is 1. The summed E-state index contributed by atoms with van der Waals surface area (Å²) in [6.45, 7) is 0. The molecule has 1 heterocycles. The van der Waals surface area contributed by atoms with Crippen LogP contribution in [0.2, 0.25) is 5.02 Å². The predicted octanol–water partition coefficient (Wildman–Crippen LogP) is 4.13. The highest BCUT2D eigenvalue weighted by Crippen LogP contribution is 2.27. The molecular formula is C15H9ClF2N4O3S. The number of carbonyl (C=O) groups is 1. The molecule has 0 atom stereocenters. The topological polar surface area (TPSA) is 101 Å². The first kappa shape index (κ1) is 18.1. The lowest BCUT2D eigenvalue weighted by atomic mass is 10.3. The number of aromatic nitrogens is 2. The summed E-state index contributed by atoms with van der Waals surface area (Å²) >= 11 is 6.93. The highest BCUT2D eigenvalue weighted by molar-refractivity contribution is 7.99. The molecule has 0 fully saturated rings. The Morgan fingerprint density at radius 1 is 1.31 bits per heavy atom. The van der Waals surface area contributed by atoms with E-state index < -0.39 is 22.5 Å². The smallest absolute Gasteiger partial charge is 0.271 e. The van der Waals surface area contributed by atoms with Gasteiger partial charge in [0.05, 0.1) is 32.4 Å². The highest BCUT2D eigenvalue weighted by Gasteiger charge is 2.13. The van der Waals surface area contributed by atoms with Crippen LogP contribution >= 0.6 is 23.4 Å². The van der Waals surface area contributed by atoms with Gasteiger partial charge in [0.25, 0.3) is 5.69 Å². The van der Waals surface area contributed by atoms with E-state index in [2.05, 4.69) is 15.3 Å². The SMILES string of the molecule is O=C(CSc1nc2cc(F)c(F)cc2[nH]1)Nc1ccc([N+](=O)[O-])cc1Cl. The van der Waals surface area contributed by atoms with Crippen molar-refractivity contribution >= 4 is 51.7 Å². The number of thioether (sulfide) groups is 1. The number of nitrogens with zero attached hydrogens (tertiary/aromatic N) is 2. The van der Waals surface area contributed by atoms with Gasteiger partial charge < -0.3 is 10.3 Å². The number of fused-ring (bicyclic) bond motifs is 1. The summed E-state index contributed by atoms with van der Waals surface area (Å²) in [6, 6.07) is 5.62. The van der Waals surface area contributed by atoms with Gasteiger partial charge in [0, 0.05) is 24.3 Å². The number of halogens is 3. The van der Waals surface area contributed by atoms with E-state index in [0.717, 1.165) is 30.0 Å². The van der Waals surface area contributed by atoms with Crippen molar-refractivity contribution < 1.29 is 18.5 Å². The van der Waals surface area contributed by atoms with Crippen LogP contribution < -0.4 is 5.32 Å². The van der Waals surface area contributed by atoms with E-state index in [0.29, 0.717) is 10.7 Å². The fourth-order valence-electron chi connectivity index (χ4n) is 2.09. The summed E-state index contributed by atoms with van der Waals surface area (Å²) in [5.41, 5.74) is 0.594. The van der Waals surface area contributed by atoms with Gasteiger partial charge in [-0.1, -0.05) is 23.4 Å². The standard InChI is InChI=1S/C15H9ClF2N4O3S/c16-8-3-7(22(24)25)1-2-11(8)19-14(23)6-26-15-20-12-4-9(17)10(18)5-13(12)21-15/h1-5H,6H2,(H,19,23)(H,20,21). The molecule has 0 aliphatic rings. The molecule has 7 nitrogen and oxygen atoms in total. The van der Waals surface area contributed by atoms with Gasteiger partial charge in [-0.25, -0.2) is 13.8 Å². The zero-order chi connectivity index (χ0) is 18.8. The van der Waals surface area contributed by atoms with Crippen LogP contribution in [0.5, 0.6) is 0 Å². The van der Waals surface area contributed by atoms with Crippen LogP contribution in [0, 0.1) is 21.7 Å². The Labute approximate surface area is 153 Å². The second-order valence-corrected chi connectivity index (χ2v) is 6.45. The molecule has 0 aliphatic heterocycles. The molecule has 3 rings (SSSR count). The van der Waals surface area contributed by atoms with Crippen molar-refractivity contribution in [1.29, 1.82) is 0 Å². The lowest BCUT2D eigenvalue weighted by molar-refractivity contribution is -0.384. The van der Waals surface area contributed by atoms with Crippen LogP contribution in [0.15, 0.2) is 35.5 Å². The van der Waals surface area contributed by atoms with Crippen molar-refractivity contribution in [3.05, 3.63) is 57.1 Å². The summed E-state index contributed by atoms with van der Waals surface area (Å²) in [5.74, 6) is -2.49. The maximum atomic E-state index is 13.2. The number of rotatable bonds is 5. The van der Waals surface area contributed by atoms with Gasteiger partial charge in [-0.2, -0.15) is 0 Å². The molecule has 0 aliphatic carbocycles. The van der Waals surface area contributed by atoms with Crippen LogP contribution in [0.25, 0.3) is 11.0 Å². The molecule has 0 saturated heterocycles. The molecule has 2 aromatic carbocycles. The number of benzene rings is 2. The second-order valence-electron chi connectivity index (χ2n) is 5.08. The number of hydrogen-bond acceptors (Lipinski definition) is 5. The van der Waals surface area contributed by atoms with Crippen molar-refractivity contribution in [1.82, 2.24) is 9.97 Å². The van der Waals surface area contributed by atoms with Crippen LogP contribution in [-0.2, 0) is 4.79 Å². The number of imidazole rings is 1. The summed E-state index contributed by atoms with van der Waals surface area (Å²) < 4.78 is 26.4. The highest BCUT2D eigenvalue weighted by atomic mass is 35.5. The summed E-state index contributed by atoms with van der Waals surface area (Å²) in [4.78, 5) is 28.9. The Bertz CT molecular complexity index is 989. The zero-order valence-corrected chi connectivity index (χ0v) is 14.3. The van der Waals surface area contributed by atoms with E-state index in [9.17, 15) is 23.7 Å². The molecule has 1 amide bonds. The third-order valence-corrected chi connectivity index (χ3v) is 4.47. The minimum Gasteiger partial charge on any atom is -0.333 e. The maximum absolute atomic E-state index is 13.2. The molecule has 26 heavy (non-hydrogen) atoms. The first-order chi connectivity index (χ1) is 12.3. The van der Waals surface area contributed by atoms with Crippen LogP contribution in [0.4, 0.5) is 20.2 Å². The predicted molar refractivity (Wildman–Crippen MR) is 93.5 cm³/mol. The number of aromatic amines is 1. The Morgan fingerprint density at radius 2 is 2.04 bits per heavy atom. The van der Waals surface area contributed by atoms with Crippen molar-refractivity contribution in [3.8, 4) is 0 Å². The van der Waals surface area contributed by atoms with Gasteiger partial charge in [0.2, 0.25) is 5.91 Å². The van der Waals surface area contributed by atoms with Crippen molar-refractivity contribution in [3.63, 3.8) is 0 Å². The van der Waals surface area contributed by atoms with Gasteiger partial charge in [-0.15, -0.1) is 0 Å². The molecule has 2 N–H and O–H groups in total. The fraction of sp³-hybridized carbons (Fsp3) is 0.0667. The first-order valence-electron chi connectivity index (χ1n) is 7.05. The van der Waals surface area contributed by atoms with Gasteiger partial charge in [0.15, 0.2) is 16.8 Å². The zero-order valence-electron chi connectivity index (χ0n) is 12.8. The van der Waals surface area contributed by atoms with E-state index in [1.165, 1.54) is 12.1 Å². The number of amides is 1. The number of anilines is 1. The van der Waals surface area contributed by atoms with Gasteiger partial charge in [-0.3, -0.25) is 14.9 Å². The molecule has 3 aromatic rings. The average molecular weight is 399 g/mol. The second kappa shape index (κ2) is 7.26.